The van der Waals surface area contributed by atoms with Crippen LogP contribution in [0.3, 0.4) is 0 Å². The summed E-state index contributed by atoms with van der Waals surface area (Å²) in [5.74, 6) is 0.135. The molecule has 2 N–H and O–H groups in total. The van der Waals surface area contributed by atoms with Crippen LogP contribution in [0.2, 0.25) is 36.3 Å². The van der Waals surface area contributed by atoms with E-state index < -0.39 is 34.2 Å². The van der Waals surface area contributed by atoms with E-state index >= 15 is 0 Å². The highest BCUT2D eigenvalue weighted by Gasteiger charge is 2.56. The maximum atomic E-state index is 12.6. The van der Waals surface area contributed by atoms with Gasteiger partial charge in [-0.2, -0.15) is 4.98 Å². The molecule has 1 fully saturated rings. The first kappa shape index (κ1) is 27.2. The van der Waals surface area contributed by atoms with Crippen LogP contribution in [-0.4, -0.2) is 44.5 Å². The molecule has 4 atom stereocenters. The monoisotopic (exact) mass is 483 g/mol. The van der Waals surface area contributed by atoms with Gasteiger partial charge in [0.1, 0.15) is 17.6 Å². The van der Waals surface area contributed by atoms with Crippen LogP contribution in [0.15, 0.2) is 17.1 Å². The zero-order valence-corrected chi connectivity index (χ0v) is 24.2. The van der Waals surface area contributed by atoms with Crippen molar-refractivity contribution in [1.29, 1.82) is 0 Å². The highest BCUT2D eigenvalue weighted by molar-refractivity contribution is 6.74. The first-order chi connectivity index (χ1) is 14.2. The minimum absolute atomic E-state index is 0.0472. The Morgan fingerprint density at radius 1 is 1.12 bits per heavy atom. The first-order valence-electron chi connectivity index (χ1n) is 11.6. The summed E-state index contributed by atoms with van der Waals surface area (Å²) in [7, 11) is -4.12. The Kier molecular flexibility index (Phi) is 7.36. The average Bonchev–Trinajstić information content (AvgIpc) is 2.83. The zero-order chi connectivity index (χ0) is 24.9. The third-order valence-corrected chi connectivity index (χ3v) is 16.7. The van der Waals surface area contributed by atoms with Crippen molar-refractivity contribution in [3.63, 3.8) is 0 Å². The summed E-state index contributed by atoms with van der Waals surface area (Å²) >= 11 is 0. The van der Waals surface area contributed by atoms with Gasteiger partial charge in [0.2, 0.25) is 0 Å². The van der Waals surface area contributed by atoms with Crippen LogP contribution in [-0.2, 0) is 13.6 Å². The highest BCUT2D eigenvalue weighted by Crippen LogP contribution is 2.48. The van der Waals surface area contributed by atoms with Crippen molar-refractivity contribution >= 4 is 22.5 Å². The Balaban J connectivity index is 2.46. The molecule has 184 valence electrons. The van der Waals surface area contributed by atoms with Crippen molar-refractivity contribution in [2.75, 3.05) is 12.3 Å². The lowest BCUT2D eigenvalue weighted by molar-refractivity contribution is -0.112. The molecule has 1 saturated heterocycles. The second kappa shape index (κ2) is 8.65. The molecule has 1 aromatic rings. The summed E-state index contributed by atoms with van der Waals surface area (Å²) in [6.07, 6.45) is 0.941. The van der Waals surface area contributed by atoms with Crippen LogP contribution in [0.5, 0.6) is 0 Å². The summed E-state index contributed by atoms with van der Waals surface area (Å²) in [5.41, 5.74) is 4.60. The van der Waals surface area contributed by atoms with E-state index in [0.29, 0.717) is 6.61 Å². The summed E-state index contributed by atoms with van der Waals surface area (Å²) in [4.78, 5) is 16.5. The van der Waals surface area contributed by atoms with E-state index in [2.05, 4.69) is 86.6 Å². The van der Waals surface area contributed by atoms with E-state index in [1.54, 1.807) is 12.3 Å². The van der Waals surface area contributed by atoms with Gasteiger partial charge in [0, 0.05) is 12.1 Å². The normalized spacial score (nSPS) is 27.7. The predicted molar refractivity (Wildman–Crippen MR) is 136 cm³/mol. The number of rotatable bonds is 6. The molecule has 32 heavy (non-hydrogen) atoms. The van der Waals surface area contributed by atoms with Gasteiger partial charge in [-0.3, -0.25) is 4.57 Å². The lowest BCUT2D eigenvalue weighted by Crippen LogP contribution is -2.54. The largest absolute Gasteiger partial charge is 0.414 e. The quantitative estimate of drug-likeness (QED) is 0.562. The van der Waals surface area contributed by atoms with Gasteiger partial charge >= 0.3 is 5.69 Å². The summed E-state index contributed by atoms with van der Waals surface area (Å²) in [6, 6.07) is 1.63. The Morgan fingerprint density at radius 2 is 1.66 bits per heavy atom. The van der Waals surface area contributed by atoms with Gasteiger partial charge in [-0.1, -0.05) is 48.5 Å². The van der Waals surface area contributed by atoms with E-state index in [4.69, 9.17) is 19.3 Å². The van der Waals surface area contributed by atoms with Gasteiger partial charge in [-0.05, 0) is 49.3 Å². The van der Waals surface area contributed by atoms with Gasteiger partial charge in [0.15, 0.2) is 16.6 Å². The molecule has 0 saturated carbocycles. The SMILES string of the molecule is C[C@@H]1[C@H](n2ccc(N)nc2=O)O[C@](C)(CO[Si](C)(C)C(C)(C)C)[C@H]1O[Si](C)(C)C(C)(C)C. The van der Waals surface area contributed by atoms with Crippen molar-refractivity contribution in [2.24, 2.45) is 5.92 Å². The maximum Gasteiger partial charge on any atom is 0.351 e. The zero-order valence-electron chi connectivity index (χ0n) is 22.2. The standard InChI is InChI=1S/C23H45N3O4Si2/c1-16-18(30-32(11,12)22(5,6)7)23(8,15-28-31(9,10)21(2,3)4)29-19(16)26-14-13-17(24)25-20(26)27/h13-14,16,18-19H,15H2,1-12H3,(H2,24,25,27)/t16-,18-,19+,23+/m0/s1. The van der Waals surface area contributed by atoms with Crippen molar-refractivity contribution < 1.29 is 13.6 Å². The van der Waals surface area contributed by atoms with Crippen molar-refractivity contribution in [3.8, 4) is 0 Å². The predicted octanol–water partition coefficient (Wildman–Crippen LogP) is 5.16. The third-order valence-electron chi connectivity index (χ3n) is 7.80. The van der Waals surface area contributed by atoms with Gasteiger partial charge in [-0.25, -0.2) is 4.79 Å². The molecule has 0 bridgehead atoms. The van der Waals surface area contributed by atoms with Crippen molar-refractivity contribution in [1.82, 2.24) is 9.55 Å². The van der Waals surface area contributed by atoms with E-state index in [1.807, 2.05) is 0 Å². The van der Waals surface area contributed by atoms with E-state index in [1.165, 1.54) is 4.57 Å². The van der Waals surface area contributed by atoms with Gasteiger partial charge in [0.05, 0.1) is 12.7 Å². The van der Waals surface area contributed by atoms with Gasteiger partial charge in [0.25, 0.3) is 0 Å². The van der Waals surface area contributed by atoms with Gasteiger partial charge < -0.3 is 19.3 Å². The van der Waals surface area contributed by atoms with Crippen LogP contribution in [0.25, 0.3) is 0 Å². The molecule has 0 aliphatic carbocycles. The highest BCUT2D eigenvalue weighted by atomic mass is 28.4. The fourth-order valence-electron chi connectivity index (χ4n) is 3.47. The first-order valence-corrected chi connectivity index (χ1v) is 17.4. The molecule has 2 heterocycles. The second-order valence-electron chi connectivity index (χ2n) is 12.6. The molecule has 0 aromatic carbocycles. The lowest BCUT2D eigenvalue weighted by atomic mass is 9.93. The van der Waals surface area contributed by atoms with Crippen LogP contribution >= 0.6 is 0 Å². The molecule has 0 radical (unpaired) electrons. The Bertz CT molecular complexity index is 873. The second-order valence-corrected chi connectivity index (χ2v) is 22.1. The molecule has 0 unspecified atom stereocenters. The van der Waals surface area contributed by atoms with E-state index in [0.717, 1.165) is 0 Å². The molecule has 1 aromatic heterocycles. The Hall–Kier alpha value is -1.01. The van der Waals surface area contributed by atoms with Crippen LogP contribution < -0.4 is 11.4 Å². The van der Waals surface area contributed by atoms with Crippen molar-refractivity contribution in [3.05, 3.63) is 22.7 Å². The fourth-order valence-corrected chi connectivity index (χ4v) is 6.00. The fraction of sp³-hybridized carbons (Fsp3) is 0.826. The molecule has 0 spiro atoms. The summed E-state index contributed by atoms with van der Waals surface area (Å²) < 4.78 is 21.7. The number of hydrogen-bond donors (Lipinski definition) is 1. The van der Waals surface area contributed by atoms with Crippen LogP contribution in [0.4, 0.5) is 5.82 Å². The number of nitrogens with two attached hydrogens (primary N) is 1. The molecule has 1 aliphatic rings. The lowest BCUT2D eigenvalue weighted by Gasteiger charge is -2.44. The van der Waals surface area contributed by atoms with Crippen molar-refractivity contribution in [2.45, 2.75) is 110 Å². The average molecular weight is 484 g/mol. The smallest absolute Gasteiger partial charge is 0.351 e. The number of anilines is 1. The molecular formula is C23H45N3O4Si2. The molecule has 1 aliphatic heterocycles. The topological polar surface area (TPSA) is 88.6 Å². The minimum atomic E-state index is -2.11. The maximum absolute atomic E-state index is 12.6. The minimum Gasteiger partial charge on any atom is -0.414 e. The Labute approximate surface area is 196 Å². The number of nitrogens with zero attached hydrogens (tertiary/aromatic N) is 2. The van der Waals surface area contributed by atoms with E-state index in [9.17, 15) is 4.79 Å². The third kappa shape index (κ3) is 5.38. The molecule has 0 amide bonds. The number of ether oxygens (including phenoxy) is 1. The number of hydrogen-bond acceptors (Lipinski definition) is 6. The summed E-state index contributed by atoms with van der Waals surface area (Å²) in [5, 5.41) is 0.131. The van der Waals surface area contributed by atoms with Crippen LogP contribution in [0.1, 0.15) is 61.6 Å². The molecule has 2 rings (SSSR count). The molecular weight excluding hydrogens is 438 g/mol. The Morgan fingerprint density at radius 3 is 2.12 bits per heavy atom. The number of nitrogen functional groups attached to an aromatic ring is 1. The van der Waals surface area contributed by atoms with Crippen LogP contribution in [0, 0.1) is 5.92 Å². The molecule has 7 nitrogen and oxygen atoms in total. The number of aromatic nitrogens is 2. The summed E-state index contributed by atoms with van der Waals surface area (Å²) in [6.45, 7) is 26.9. The van der Waals surface area contributed by atoms with Gasteiger partial charge in [-0.15, -0.1) is 0 Å². The molecule has 9 heteroatoms. The van der Waals surface area contributed by atoms with E-state index in [-0.39, 0.29) is 27.9 Å².